The van der Waals surface area contributed by atoms with Crippen LogP contribution in [0.5, 0.6) is 5.75 Å². The smallest absolute Gasteiger partial charge is 0.356 e. The van der Waals surface area contributed by atoms with Gasteiger partial charge in [0.25, 0.3) is 0 Å². The summed E-state index contributed by atoms with van der Waals surface area (Å²) < 4.78 is 5.76. The first-order valence-electron chi connectivity index (χ1n) is 8.68. The fraction of sp³-hybridized carbons (Fsp3) is 0.474. The van der Waals surface area contributed by atoms with Crippen LogP contribution < -0.4 is 4.74 Å². The zero-order valence-electron chi connectivity index (χ0n) is 14.3. The van der Waals surface area contributed by atoms with E-state index in [9.17, 15) is 4.79 Å². The number of benzene rings is 1. The molecule has 0 fully saturated rings. The summed E-state index contributed by atoms with van der Waals surface area (Å²) in [4.78, 5) is 10.8. The number of hydrogen-bond acceptors (Lipinski definition) is 3. The number of aromatic carboxylic acids is 1. The number of ether oxygens (including phenoxy) is 1. The fourth-order valence-electron chi connectivity index (χ4n) is 2.56. The molecule has 0 aliphatic rings. The van der Waals surface area contributed by atoms with E-state index in [1.165, 1.54) is 32.1 Å². The molecule has 1 aromatic carbocycles. The second-order valence-corrected chi connectivity index (χ2v) is 6.02. The van der Waals surface area contributed by atoms with Crippen molar-refractivity contribution in [2.45, 2.75) is 51.9 Å². The maximum Gasteiger partial charge on any atom is 0.356 e. The number of nitrogens with zero attached hydrogens (tertiary/aromatic N) is 1. The van der Waals surface area contributed by atoms with Crippen LogP contribution in [0.2, 0.25) is 0 Å². The van der Waals surface area contributed by atoms with Gasteiger partial charge in [-0.2, -0.15) is 5.10 Å². The Labute approximate surface area is 143 Å². The lowest BCUT2D eigenvalue weighted by Crippen LogP contribution is -1.97. The summed E-state index contributed by atoms with van der Waals surface area (Å²) in [6, 6.07) is 9.47. The van der Waals surface area contributed by atoms with E-state index >= 15 is 0 Å². The molecule has 130 valence electrons. The Morgan fingerprint density at radius 3 is 2.50 bits per heavy atom. The molecule has 0 saturated heterocycles. The minimum atomic E-state index is -1.02. The largest absolute Gasteiger partial charge is 0.494 e. The molecule has 2 aromatic rings. The lowest BCUT2D eigenvalue weighted by molar-refractivity contribution is 0.0690. The summed E-state index contributed by atoms with van der Waals surface area (Å²) in [6.45, 7) is 2.98. The zero-order valence-corrected chi connectivity index (χ0v) is 14.3. The molecule has 2 rings (SSSR count). The predicted octanol–water partition coefficient (Wildman–Crippen LogP) is 4.44. The summed E-state index contributed by atoms with van der Waals surface area (Å²) >= 11 is 0. The van der Waals surface area contributed by atoms with Crippen molar-refractivity contribution in [2.75, 3.05) is 6.61 Å². The molecular weight excluding hydrogens is 304 g/mol. The molecule has 0 aliphatic heterocycles. The van der Waals surface area contributed by atoms with Crippen LogP contribution in [-0.4, -0.2) is 27.9 Å². The number of carboxylic acids is 1. The predicted molar refractivity (Wildman–Crippen MR) is 93.7 cm³/mol. The van der Waals surface area contributed by atoms with Gasteiger partial charge in [0, 0.05) is 12.1 Å². The third-order valence-electron chi connectivity index (χ3n) is 3.93. The highest BCUT2D eigenvalue weighted by molar-refractivity contribution is 5.85. The molecule has 0 radical (unpaired) electrons. The van der Waals surface area contributed by atoms with Gasteiger partial charge in [0.2, 0.25) is 0 Å². The molecule has 0 unspecified atom stereocenters. The topological polar surface area (TPSA) is 75.2 Å². The number of nitrogens with one attached hydrogen (secondary N) is 1. The minimum Gasteiger partial charge on any atom is -0.494 e. The van der Waals surface area contributed by atoms with Crippen molar-refractivity contribution in [3.63, 3.8) is 0 Å². The molecule has 5 nitrogen and oxygen atoms in total. The Morgan fingerprint density at radius 2 is 1.83 bits per heavy atom. The van der Waals surface area contributed by atoms with E-state index in [0.29, 0.717) is 6.42 Å². The van der Waals surface area contributed by atoms with Crippen molar-refractivity contribution in [3.05, 3.63) is 47.3 Å². The van der Waals surface area contributed by atoms with Crippen LogP contribution >= 0.6 is 0 Å². The third-order valence-corrected chi connectivity index (χ3v) is 3.93. The summed E-state index contributed by atoms with van der Waals surface area (Å²) in [7, 11) is 0. The fourth-order valence-corrected chi connectivity index (χ4v) is 2.56. The van der Waals surface area contributed by atoms with E-state index in [0.717, 1.165) is 30.0 Å². The minimum absolute atomic E-state index is 0.0453. The first-order chi connectivity index (χ1) is 11.7. The number of H-pyrrole nitrogens is 1. The summed E-state index contributed by atoms with van der Waals surface area (Å²) in [5, 5.41) is 15.4. The van der Waals surface area contributed by atoms with E-state index in [1.807, 2.05) is 24.3 Å². The maximum absolute atomic E-state index is 10.8. The number of aromatic nitrogens is 2. The molecule has 0 bridgehead atoms. The normalized spacial score (nSPS) is 10.7. The molecule has 0 amide bonds. The van der Waals surface area contributed by atoms with E-state index in [1.54, 1.807) is 6.07 Å². The standard InChI is InChI=1S/C19H26N2O3/c1-2-3-4-5-6-7-12-24-17-10-8-15(9-11-17)13-16-14-18(19(22)23)21-20-16/h8-11,14H,2-7,12-13H2,1H3,(H,20,21)(H,22,23). The number of unbranched alkanes of at least 4 members (excludes halogenated alkanes) is 5. The van der Waals surface area contributed by atoms with Crippen molar-refractivity contribution in [1.29, 1.82) is 0 Å². The average Bonchev–Trinajstić information content (AvgIpc) is 3.04. The Kier molecular flexibility index (Phi) is 7.33. The van der Waals surface area contributed by atoms with E-state index in [2.05, 4.69) is 17.1 Å². The molecule has 2 N–H and O–H groups in total. The van der Waals surface area contributed by atoms with Gasteiger partial charge in [0.05, 0.1) is 6.61 Å². The second-order valence-electron chi connectivity index (χ2n) is 6.02. The van der Waals surface area contributed by atoms with Crippen LogP contribution in [0, 0.1) is 0 Å². The van der Waals surface area contributed by atoms with Crippen LogP contribution in [0.25, 0.3) is 0 Å². The van der Waals surface area contributed by atoms with Crippen molar-refractivity contribution in [1.82, 2.24) is 10.2 Å². The first kappa shape index (κ1) is 18.0. The molecule has 1 heterocycles. The highest BCUT2D eigenvalue weighted by Gasteiger charge is 2.08. The Hall–Kier alpha value is -2.30. The molecular formula is C19H26N2O3. The highest BCUT2D eigenvalue weighted by Crippen LogP contribution is 2.16. The van der Waals surface area contributed by atoms with Crippen LogP contribution in [0.1, 0.15) is 67.2 Å². The lowest BCUT2D eigenvalue weighted by atomic mass is 10.1. The zero-order chi connectivity index (χ0) is 17.2. The Morgan fingerprint density at radius 1 is 1.12 bits per heavy atom. The van der Waals surface area contributed by atoms with Crippen LogP contribution in [0.15, 0.2) is 30.3 Å². The number of hydrogen-bond donors (Lipinski definition) is 2. The van der Waals surface area contributed by atoms with Gasteiger partial charge in [-0.3, -0.25) is 5.10 Å². The van der Waals surface area contributed by atoms with Crippen molar-refractivity contribution in [2.24, 2.45) is 0 Å². The Bertz CT molecular complexity index is 620. The van der Waals surface area contributed by atoms with Gasteiger partial charge in [0.1, 0.15) is 5.75 Å². The average molecular weight is 330 g/mol. The number of rotatable bonds is 11. The van der Waals surface area contributed by atoms with E-state index in [4.69, 9.17) is 9.84 Å². The highest BCUT2D eigenvalue weighted by atomic mass is 16.5. The third kappa shape index (κ3) is 6.07. The van der Waals surface area contributed by atoms with E-state index < -0.39 is 5.97 Å². The van der Waals surface area contributed by atoms with Crippen LogP contribution in [-0.2, 0) is 6.42 Å². The SMILES string of the molecule is CCCCCCCCOc1ccc(Cc2cc(C(=O)O)n[nH]2)cc1. The molecule has 0 aliphatic carbocycles. The summed E-state index contributed by atoms with van der Waals surface area (Å²) in [5.74, 6) is -0.140. The molecule has 24 heavy (non-hydrogen) atoms. The van der Waals surface area contributed by atoms with Crippen molar-refractivity contribution < 1.29 is 14.6 Å². The number of aromatic amines is 1. The summed E-state index contributed by atoms with van der Waals surface area (Å²) in [6.07, 6.45) is 8.16. The van der Waals surface area contributed by atoms with Gasteiger partial charge >= 0.3 is 5.97 Å². The number of carbonyl (C=O) groups is 1. The maximum atomic E-state index is 10.8. The molecule has 0 saturated carbocycles. The quantitative estimate of drug-likeness (QED) is 0.597. The van der Waals surface area contributed by atoms with E-state index in [-0.39, 0.29) is 5.69 Å². The van der Waals surface area contributed by atoms with Crippen molar-refractivity contribution >= 4 is 5.97 Å². The molecule has 1 aromatic heterocycles. The number of carboxylic acid groups (broad SMARTS) is 1. The lowest BCUT2D eigenvalue weighted by Gasteiger charge is -2.07. The second kappa shape index (κ2) is 9.75. The van der Waals surface area contributed by atoms with Gasteiger partial charge in [-0.15, -0.1) is 0 Å². The molecule has 5 heteroatoms. The monoisotopic (exact) mass is 330 g/mol. The van der Waals surface area contributed by atoms with Crippen molar-refractivity contribution in [3.8, 4) is 5.75 Å². The molecule has 0 spiro atoms. The van der Waals surface area contributed by atoms with Crippen LogP contribution in [0.3, 0.4) is 0 Å². The van der Waals surface area contributed by atoms with Gasteiger partial charge in [0.15, 0.2) is 5.69 Å². The van der Waals surface area contributed by atoms with Crippen LogP contribution in [0.4, 0.5) is 0 Å². The van der Waals surface area contributed by atoms with Gasteiger partial charge in [-0.1, -0.05) is 51.2 Å². The van der Waals surface area contributed by atoms with Gasteiger partial charge < -0.3 is 9.84 Å². The first-order valence-corrected chi connectivity index (χ1v) is 8.68. The van der Waals surface area contributed by atoms with Gasteiger partial charge in [-0.25, -0.2) is 4.79 Å². The summed E-state index contributed by atoms with van der Waals surface area (Å²) in [5.41, 5.74) is 1.92. The molecule has 0 atom stereocenters. The Balaban J connectivity index is 1.71. The van der Waals surface area contributed by atoms with Gasteiger partial charge in [-0.05, 0) is 30.2 Å².